The summed E-state index contributed by atoms with van der Waals surface area (Å²) >= 11 is 0. The molecule has 0 spiro atoms. The number of nitrogens with two attached hydrogens (primary N) is 1. The van der Waals surface area contributed by atoms with Gasteiger partial charge in [-0.25, -0.2) is 0 Å². The maximum absolute atomic E-state index is 5.43. The Balaban J connectivity index is 0.000000188. The van der Waals surface area contributed by atoms with Crippen LogP contribution >= 0.6 is 0 Å². The van der Waals surface area contributed by atoms with Crippen LogP contribution in [0.15, 0.2) is 66.3 Å². The Morgan fingerprint density at radius 1 is 0.773 bits per heavy atom. The molecule has 0 saturated carbocycles. The molecule has 1 heteroatoms. The summed E-state index contributed by atoms with van der Waals surface area (Å²) in [6.45, 7) is 6.43. The van der Waals surface area contributed by atoms with E-state index in [1.165, 1.54) is 40.7 Å². The lowest BCUT2D eigenvalue weighted by Gasteiger charge is -2.14. The third-order valence-corrected chi connectivity index (χ3v) is 3.90. The van der Waals surface area contributed by atoms with E-state index >= 15 is 0 Å². The van der Waals surface area contributed by atoms with Gasteiger partial charge in [0, 0.05) is 5.69 Å². The van der Waals surface area contributed by atoms with Gasteiger partial charge in [0.15, 0.2) is 0 Å². The fourth-order valence-corrected chi connectivity index (χ4v) is 2.56. The number of aryl methyl sites for hydroxylation is 2. The molecule has 0 saturated heterocycles. The second kappa shape index (κ2) is 7.65. The van der Waals surface area contributed by atoms with Crippen molar-refractivity contribution in [2.24, 2.45) is 0 Å². The molecule has 3 rings (SSSR count). The second-order valence-corrected chi connectivity index (χ2v) is 5.81. The van der Waals surface area contributed by atoms with Gasteiger partial charge in [0.1, 0.15) is 0 Å². The monoisotopic (exact) mass is 291 g/mol. The Morgan fingerprint density at radius 2 is 1.41 bits per heavy atom. The highest BCUT2D eigenvalue weighted by atomic mass is 14.5. The number of benzene rings is 2. The minimum absolute atomic E-state index is 0.829. The van der Waals surface area contributed by atoms with Gasteiger partial charge in [-0.15, -0.1) is 0 Å². The molecule has 0 bridgehead atoms. The summed E-state index contributed by atoms with van der Waals surface area (Å²) in [6, 6.07) is 16.4. The van der Waals surface area contributed by atoms with Crippen LogP contribution in [0.2, 0.25) is 0 Å². The van der Waals surface area contributed by atoms with Crippen molar-refractivity contribution in [3.8, 4) is 0 Å². The molecule has 1 aliphatic carbocycles. The number of anilines is 1. The first kappa shape index (κ1) is 16.1. The number of allylic oxidation sites excluding steroid dienone is 4. The highest BCUT2D eigenvalue weighted by Gasteiger charge is 2.08. The molecule has 0 fully saturated rings. The summed E-state index contributed by atoms with van der Waals surface area (Å²) in [5, 5.41) is 0. The highest BCUT2D eigenvalue weighted by molar-refractivity contribution is 5.80. The van der Waals surface area contributed by atoms with Crippen LogP contribution in [0.1, 0.15) is 36.5 Å². The lowest BCUT2D eigenvalue weighted by molar-refractivity contribution is 1.02. The molecule has 0 unspecified atom stereocenters. The van der Waals surface area contributed by atoms with Gasteiger partial charge in [0.2, 0.25) is 0 Å². The zero-order valence-corrected chi connectivity index (χ0v) is 13.8. The summed E-state index contributed by atoms with van der Waals surface area (Å²) in [6.07, 6.45) is 7.07. The van der Waals surface area contributed by atoms with Crippen LogP contribution < -0.4 is 5.73 Å². The van der Waals surface area contributed by atoms with Gasteiger partial charge < -0.3 is 5.73 Å². The summed E-state index contributed by atoms with van der Waals surface area (Å²) in [4.78, 5) is 0. The molecule has 0 radical (unpaired) electrons. The smallest absolute Gasteiger partial charge is 0.0314 e. The van der Waals surface area contributed by atoms with Crippen LogP contribution in [-0.4, -0.2) is 0 Å². The van der Waals surface area contributed by atoms with Gasteiger partial charge in [0.05, 0.1) is 0 Å². The van der Waals surface area contributed by atoms with Crippen LogP contribution in [0.3, 0.4) is 0 Å². The van der Waals surface area contributed by atoms with Crippen LogP contribution in [0, 0.1) is 13.8 Å². The van der Waals surface area contributed by atoms with Gasteiger partial charge in [0.25, 0.3) is 0 Å². The molecular formula is C21H25N. The molecule has 2 N–H and O–H groups in total. The normalized spacial score (nSPS) is 13.6. The molecule has 2 aromatic rings. The predicted octanol–water partition coefficient (Wildman–Crippen LogP) is 5.70. The molecular weight excluding hydrogens is 266 g/mol. The first-order valence-corrected chi connectivity index (χ1v) is 7.83. The van der Waals surface area contributed by atoms with E-state index in [0.717, 1.165) is 5.69 Å². The van der Waals surface area contributed by atoms with Crippen molar-refractivity contribution < 1.29 is 0 Å². The van der Waals surface area contributed by atoms with E-state index in [1.54, 1.807) is 0 Å². The summed E-state index contributed by atoms with van der Waals surface area (Å²) in [7, 11) is 0. The molecule has 0 aromatic heterocycles. The highest BCUT2D eigenvalue weighted by Crippen LogP contribution is 2.29. The number of nitrogen functional groups attached to an aromatic ring is 1. The molecule has 0 aliphatic heterocycles. The topological polar surface area (TPSA) is 26.0 Å². The van der Waals surface area contributed by atoms with Gasteiger partial charge in [-0.3, -0.25) is 0 Å². The van der Waals surface area contributed by atoms with Crippen molar-refractivity contribution in [1.29, 1.82) is 0 Å². The van der Waals surface area contributed by atoms with E-state index in [1.807, 2.05) is 31.2 Å². The lowest BCUT2D eigenvalue weighted by Crippen LogP contribution is -1.94. The zero-order valence-electron chi connectivity index (χ0n) is 13.8. The average Bonchev–Trinajstić information content (AvgIpc) is 2.52. The Bertz CT molecular complexity index is 654. The molecule has 1 nitrogen and oxygen atoms in total. The van der Waals surface area contributed by atoms with Gasteiger partial charge >= 0.3 is 0 Å². The van der Waals surface area contributed by atoms with Gasteiger partial charge in [-0.05, 0) is 68.0 Å². The van der Waals surface area contributed by atoms with Crippen molar-refractivity contribution in [2.75, 3.05) is 5.73 Å². The quantitative estimate of drug-likeness (QED) is 0.670. The van der Waals surface area contributed by atoms with E-state index in [4.69, 9.17) is 5.73 Å². The predicted molar refractivity (Wildman–Crippen MR) is 97.7 cm³/mol. The largest absolute Gasteiger partial charge is 0.399 e. The van der Waals surface area contributed by atoms with E-state index in [-0.39, 0.29) is 0 Å². The molecule has 0 heterocycles. The third kappa shape index (κ3) is 4.36. The Hall–Kier alpha value is -2.28. The van der Waals surface area contributed by atoms with Crippen molar-refractivity contribution in [3.05, 3.63) is 82.9 Å². The number of rotatable bonds is 1. The SMILES string of the molecule is CC1=CCCC=C1c1ccccc1C.Cc1ccc(N)cc1. The van der Waals surface area contributed by atoms with Crippen LogP contribution in [0.5, 0.6) is 0 Å². The van der Waals surface area contributed by atoms with Crippen molar-refractivity contribution in [1.82, 2.24) is 0 Å². The third-order valence-electron chi connectivity index (χ3n) is 3.90. The average molecular weight is 291 g/mol. The first-order chi connectivity index (χ1) is 10.6. The molecule has 114 valence electrons. The Labute approximate surface area is 134 Å². The summed E-state index contributed by atoms with van der Waals surface area (Å²) < 4.78 is 0. The van der Waals surface area contributed by atoms with Crippen molar-refractivity contribution in [2.45, 2.75) is 33.6 Å². The zero-order chi connectivity index (χ0) is 15.9. The van der Waals surface area contributed by atoms with Crippen molar-refractivity contribution in [3.63, 3.8) is 0 Å². The minimum Gasteiger partial charge on any atom is -0.399 e. The van der Waals surface area contributed by atoms with Crippen LogP contribution in [0.25, 0.3) is 5.57 Å². The van der Waals surface area contributed by atoms with E-state index < -0.39 is 0 Å². The molecule has 22 heavy (non-hydrogen) atoms. The van der Waals surface area contributed by atoms with Gasteiger partial charge in [-0.1, -0.05) is 54.1 Å². The molecule has 0 amide bonds. The summed E-state index contributed by atoms with van der Waals surface area (Å²) in [5.41, 5.74) is 13.1. The van der Waals surface area contributed by atoms with Crippen LogP contribution in [-0.2, 0) is 0 Å². The lowest BCUT2D eigenvalue weighted by atomic mass is 9.90. The molecule has 2 aromatic carbocycles. The fourth-order valence-electron chi connectivity index (χ4n) is 2.56. The molecule has 1 aliphatic rings. The number of hydrogen-bond acceptors (Lipinski definition) is 1. The summed E-state index contributed by atoms with van der Waals surface area (Å²) in [5.74, 6) is 0. The maximum atomic E-state index is 5.43. The fraction of sp³-hybridized carbons (Fsp3) is 0.238. The van der Waals surface area contributed by atoms with E-state index in [9.17, 15) is 0 Å². The number of hydrogen-bond donors (Lipinski definition) is 1. The maximum Gasteiger partial charge on any atom is 0.0314 e. The first-order valence-electron chi connectivity index (χ1n) is 7.83. The van der Waals surface area contributed by atoms with Crippen molar-refractivity contribution >= 4 is 11.3 Å². The van der Waals surface area contributed by atoms with Crippen LogP contribution in [0.4, 0.5) is 5.69 Å². The van der Waals surface area contributed by atoms with Gasteiger partial charge in [-0.2, -0.15) is 0 Å². The minimum atomic E-state index is 0.829. The standard InChI is InChI=1S/C14H16.C7H9N/c1-11-7-3-5-9-13(11)14-10-6-4-8-12(14)2;1-6-2-4-7(8)5-3-6/h3,5,7-10H,4,6H2,1-2H3;2-5H,8H2,1H3. The Kier molecular flexibility index (Phi) is 5.60. The Morgan fingerprint density at radius 3 is 2.00 bits per heavy atom. The van der Waals surface area contributed by atoms with E-state index in [2.05, 4.69) is 50.3 Å². The van der Waals surface area contributed by atoms with E-state index in [0.29, 0.717) is 0 Å². The second-order valence-electron chi connectivity index (χ2n) is 5.81. The molecule has 0 atom stereocenters.